The van der Waals surface area contributed by atoms with E-state index in [1.165, 1.54) is 17.3 Å². The van der Waals surface area contributed by atoms with Crippen LogP contribution in [-0.2, 0) is 0 Å². The van der Waals surface area contributed by atoms with E-state index in [2.05, 4.69) is 10.1 Å². The lowest BCUT2D eigenvalue weighted by atomic mass is 10.1. The van der Waals surface area contributed by atoms with Gasteiger partial charge in [0.25, 0.3) is 0 Å². The molecule has 0 spiro atoms. The third-order valence-corrected chi connectivity index (χ3v) is 2.69. The smallest absolute Gasteiger partial charge is 0.230 e. The van der Waals surface area contributed by atoms with Crippen LogP contribution < -0.4 is 0 Å². The highest BCUT2D eigenvalue weighted by atomic mass is 35.5. The summed E-state index contributed by atoms with van der Waals surface area (Å²) in [7, 11) is 0. The molecule has 17 heavy (non-hydrogen) atoms. The predicted molar refractivity (Wildman–Crippen MR) is 61.5 cm³/mol. The fraction of sp³-hybridized carbons (Fsp3) is 0.200. The predicted octanol–water partition coefficient (Wildman–Crippen LogP) is 1.80. The maximum atomic E-state index is 10.7. The number of rotatable bonds is 4. The number of aromatic nitrogens is 3. The number of nitro groups is 1. The third-order valence-electron chi connectivity index (χ3n) is 2.34. The molecule has 2 rings (SSSR count). The molecule has 1 aromatic carbocycles. The molecule has 1 atom stereocenters. The van der Waals surface area contributed by atoms with Gasteiger partial charge in [0.2, 0.25) is 6.54 Å². The highest BCUT2D eigenvalue weighted by Gasteiger charge is 2.22. The van der Waals surface area contributed by atoms with Crippen LogP contribution >= 0.6 is 11.6 Å². The van der Waals surface area contributed by atoms with Gasteiger partial charge in [-0.3, -0.25) is 10.1 Å². The Hall–Kier alpha value is -1.95. The van der Waals surface area contributed by atoms with Gasteiger partial charge in [0.05, 0.1) is 0 Å². The van der Waals surface area contributed by atoms with E-state index in [0.717, 1.165) is 0 Å². The van der Waals surface area contributed by atoms with Gasteiger partial charge in [0.1, 0.15) is 18.7 Å². The SMILES string of the molecule is O=[N+]([O-])CC(c1ccccc1Cl)n1cncn1. The zero-order chi connectivity index (χ0) is 12.3. The van der Waals surface area contributed by atoms with Crippen LogP contribution in [0.4, 0.5) is 0 Å². The molecule has 0 aliphatic carbocycles. The summed E-state index contributed by atoms with van der Waals surface area (Å²) in [5.41, 5.74) is 0.663. The van der Waals surface area contributed by atoms with Crippen molar-refractivity contribution in [2.24, 2.45) is 0 Å². The topological polar surface area (TPSA) is 73.8 Å². The van der Waals surface area contributed by atoms with E-state index in [-0.39, 0.29) is 6.54 Å². The second-order valence-corrected chi connectivity index (χ2v) is 3.84. The van der Waals surface area contributed by atoms with E-state index in [4.69, 9.17) is 11.6 Å². The van der Waals surface area contributed by atoms with Crippen molar-refractivity contribution in [3.8, 4) is 0 Å². The minimum Gasteiger partial charge on any atom is -0.264 e. The third kappa shape index (κ3) is 2.59. The van der Waals surface area contributed by atoms with Gasteiger partial charge >= 0.3 is 0 Å². The molecule has 88 valence electrons. The highest BCUT2D eigenvalue weighted by Crippen LogP contribution is 2.25. The van der Waals surface area contributed by atoms with Gasteiger partial charge in [-0.25, -0.2) is 9.67 Å². The molecule has 0 fully saturated rings. The zero-order valence-corrected chi connectivity index (χ0v) is 9.49. The van der Waals surface area contributed by atoms with Crippen LogP contribution in [0.2, 0.25) is 5.02 Å². The van der Waals surface area contributed by atoms with Gasteiger partial charge < -0.3 is 0 Å². The van der Waals surface area contributed by atoms with Crippen molar-refractivity contribution >= 4 is 11.6 Å². The zero-order valence-electron chi connectivity index (χ0n) is 8.73. The van der Waals surface area contributed by atoms with Crippen LogP contribution in [0.3, 0.4) is 0 Å². The second-order valence-electron chi connectivity index (χ2n) is 3.43. The van der Waals surface area contributed by atoms with Crippen molar-refractivity contribution in [1.82, 2.24) is 14.8 Å². The van der Waals surface area contributed by atoms with Crippen LogP contribution in [0, 0.1) is 10.1 Å². The molecule has 7 heteroatoms. The minimum absolute atomic E-state index is 0.285. The van der Waals surface area contributed by atoms with Crippen LogP contribution in [0.1, 0.15) is 11.6 Å². The fourth-order valence-electron chi connectivity index (χ4n) is 1.59. The molecule has 2 aromatic rings. The van der Waals surface area contributed by atoms with Crippen molar-refractivity contribution in [1.29, 1.82) is 0 Å². The summed E-state index contributed by atoms with van der Waals surface area (Å²) >= 11 is 6.04. The summed E-state index contributed by atoms with van der Waals surface area (Å²) in [6.45, 7) is -0.285. The first kappa shape index (κ1) is 11.5. The average Bonchev–Trinajstić information content (AvgIpc) is 2.80. The van der Waals surface area contributed by atoms with Gasteiger partial charge in [-0.05, 0) is 6.07 Å². The molecule has 0 saturated carbocycles. The summed E-state index contributed by atoms with van der Waals surface area (Å²) in [4.78, 5) is 14.1. The molecule has 0 N–H and O–H groups in total. The van der Waals surface area contributed by atoms with E-state index in [1.54, 1.807) is 24.3 Å². The molecule has 1 heterocycles. The minimum atomic E-state index is -0.541. The molecule has 0 saturated heterocycles. The Bertz CT molecular complexity index is 515. The Kier molecular flexibility index (Phi) is 3.34. The Morgan fingerprint density at radius 1 is 1.47 bits per heavy atom. The molecular formula is C10H9ClN4O2. The maximum Gasteiger partial charge on any atom is 0.230 e. The van der Waals surface area contributed by atoms with Crippen LogP contribution in [0.5, 0.6) is 0 Å². The average molecular weight is 253 g/mol. The molecule has 0 aliphatic rings. The normalized spacial score (nSPS) is 12.3. The standard InChI is InChI=1S/C10H9ClN4O2/c11-9-4-2-1-3-8(9)10(5-15(16)17)14-7-12-6-13-14/h1-4,6-7,10H,5H2. The number of hydrogen-bond acceptors (Lipinski definition) is 4. The lowest BCUT2D eigenvalue weighted by Crippen LogP contribution is -2.21. The van der Waals surface area contributed by atoms with Crippen molar-refractivity contribution < 1.29 is 4.92 Å². The Labute approximate surface area is 102 Å². The van der Waals surface area contributed by atoms with E-state index in [9.17, 15) is 10.1 Å². The van der Waals surface area contributed by atoms with E-state index >= 15 is 0 Å². The van der Waals surface area contributed by atoms with Crippen LogP contribution in [0.25, 0.3) is 0 Å². The quantitative estimate of drug-likeness (QED) is 0.614. The van der Waals surface area contributed by atoms with Gasteiger partial charge in [-0.1, -0.05) is 29.8 Å². The van der Waals surface area contributed by atoms with Crippen molar-refractivity contribution in [3.63, 3.8) is 0 Å². The first-order chi connectivity index (χ1) is 8.18. The molecule has 1 aromatic heterocycles. The summed E-state index contributed by atoms with van der Waals surface area (Å²) in [5.74, 6) is 0. The Balaban J connectivity index is 2.41. The van der Waals surface area contributed by atoms with Crippen molar-refractivity contribution in [2.75, 3.05) is 6.54 Å². The number of benzene rings is 1. The van der Waals surface area contributed by atoms with Crippen molar-refractivity contribution in [2.45, 2.75) is 6.04 Å². The largest absolute Gasteiger partial charge is 0.264 e. The molecular weight excluding hydrogens is 244 g/mol. The van der Waals surface area contributed by atoms with Crippen LogP contribution in [0.15, 0.2) is 36.9 Å². The van der Waals surface area contributed by atoms with Gasteiger partial charge in [0, 0.05) is 15.5 Å². The molecule has 0 amide bonds. The summed E-state index contributed by atoms with van der Waals surface area (Å²) < 4.78 is 1.43. The van der Waals surface area contributed by atoms with E-state index in [1.807, 2.05) is 0 Å². The lowest BCUT2D eigenvalue weighted by molar-refractivity contribution is -0.484. The number of halogens is 1. The molecule has 1 unspecified atom stereocenters. The van der Waals surface area contributed by atoms with Crippen LogP contribution in [-0.4, -0.2) is 26.2 Å². The summed E-state index contributed by atoms with van der Waals surface area (Å²) in [6, 6.07) is 6.46. The molecule has 6 nitrogen and oxygen atoms in total. The van der Waals surface area contributed by atoms with Gasteiger partial charge in [-0.15, -0.1) is 0 Å². The second kappa shape index (κ2) is 4.92. The highest BCUT2D eigenvalue weighted by molar-refractivity contribution is 6.31. The maximum absolute atomic E-state index is 10.7. The monoisotopic (exact) mass is 252 g/mol. The Morgan fingerprint density at radius 3 is 2.82 bits per heavy atom. The molecule has 0 radical (unpaired) electrons. The van der Waals surface area contributed by atoms with Gasteiger partial charge in [-0.2, -0.15) is 5.10 Å². The molecule has 0 bridgehead atoms. The van der Waals surface area contributed by atoms with E-state index < -0.39 is 11.0 Å². The Morgan fingerprint density at radius 2 is 2.24 bits per heavy atom. The molecule has 0 aliphatic heterocycles. The lowest BCUT2D eigenvalue weighted by Gasteiger charge is -2.14. The van der Waals surface area contributed by atoms with E-state index in [0.29, 0.717) is 10.6 Å². The first-order valence-corrected chi connectivity index (χ1v) is 5.26. The summed E-state index contributed by atoms with van der Waals surface area (Å²) in [6.07, 6.45) is 2.78. The summed E-state index contributed by atoms with van der Waals surface area (Å²) in [5, 5.41) is 15.1. The number of nitrogens with zero attached hydrogens (tertiary/aromatic N) is 4. The van der Waals surface area contributed by atoms with Crippen molar-refractivity contribution in [3.05, 3.63) is 57.6 Å². The fourth-order valence-corrected chi connectivity index (χ4v) is 1.85. The number of hydrogen-bond donors (Lipinski definition) is 0. The first-order valence-electron chi connectivity index (χ1n) is 4.89. The van der Waals surface area contributed by atoms with Gasteiger partial charge in [0.15, 0.2) is 0 Å².